The van der Waals surface area contributed by atoms with Crippen LogP contribution in [0.5, 0.6) is 0 Å². The van der Waals surface area contributed by atoms with Gasteiger partial charge >= 0.3 is 6.03 Å². The van der Waals surface area contributed by atoms with Crippen molar-refractivity contribution in [3.8, 4) is 5.82 Å². The van der Waals surface area contributed by atoms with Gasteiger partial charge < -0.3 is 9.88 Å². The molecular formula is C20H24ClN5O3S. The Balaban J connectivity index is 1.91. The van der Waals surface area contributed by atoms with Gasteiger partial charge in [0.2, 0.25) is 0 Å². The molecule has 2 amide bonds. The number of hydrogen-bond donors (Lipinski definition) is 2. The minimum Gasteiger partial charge on any atom is -0.337 e. The summed E-state index contributed by atoms with van der Waals surface area (Å²) in [6.45, 7) is 4.19. The average molecular weight is 450 g/mol. The van der Waals surface area contributed by atoms with Gasteiger partial charge in [-0.25, -0.2) is 17.9 Å². The predicted molar refractivity (Wildman–Crippen MR) is 119 cm³/mol. The van der Waals surface area contributed by atoms with Crippen LogP contribution in [-0.4, -0.2) is 35.3 Å². The second kappa shape index (κ2) is 8.93. The van der Waals surface area contributed by atoms with E-state index in [4.69, 9.17) is 11.6 Å². The molecule has 0 saturated carbocycles. The summed E-state index contributed by atoms with van der Waals surface area (Å²) < 4.78 is 30.2. The average Bonchev–Trinajstić information content (AvgIpc) is 3.18. The number of nitrogens with zero attached hydrogens (tertiary/aromatic N) is 3. The summed E-state index contributed by atoms with van der Waals surface area (Å²) in [6.07, 6.45) is 5.00. The van der Waals surface area contributed by atoms with Crippen LogP contribution in [0.4, 0.5) is 4.79 Å². The summed E-state index contributed by atoms with van der Waals surface area (Å²) in [5.41, 5.74) is 2.19. The van der Waals surface area contributed by atoms with E-state index in [0.29, 0.717) is 28.6 Å². The van der Waals surface area contributed by atoms with E-state index in [0.717, 1.165) is 29.2 Å². The first-order valence-electron chi connectivity index (χ1n) is 9.51. The number of aromatic nitrogens is 3. The van der Waals surface area contributed by atoms with Crippen LogP contribution in [0.2, 0.25) is 5.02 Å². The van der Waals surface area contributed by atoms with E-state index in [1.807, 2.05) is 40.6 Å². The van der Waals surface area contributed by atoms with Gasteiger partial charge in [-0.05, 0) is 43.7 Å². The number of aryl methyl sites for hydroxylation is 2. The van der Waals surface area contributed by atoms with Gasteiger partial charge in [-0.2, -0.15) is 5.10 Å². The van der Waals surface area contributed by atoms with E-state index in [9.17, 15) is 13.2 Å². The lowest BCUT2D eigenvalue weighted by Crippen LogP contribution is -2.38. The number of rotatable bonds is 7. The number of nitrogens with one attached hydrogen (secondary N) is 2. The molecule has 2 aromatic heterocycles. The number of unbranched alkanes of at least 4 members (excludes halogenated alkanes) is 1. The Bertz CT molecular complexity index is 1210. The molecule has 8 nitrogen and oxygen atoms in total. The highest BCUT2D eigenvalue weighted by atomic mass is 35.5. The van der Waals surface area contributed by atoms with Crippen LogP contribution in [0, 0.1) is 6.92 Å². The number of carbonyl (C=O) groups is 1. The maximum atomic E-state index is 12.3. The number of hydrogen-bond acceptors (Lipinski definition) is 4. The van der Waals surface area contributed by atoms with E-state index in [2.05, 4.69) is 10.4 Å². The van der Waals surface area contributed by atoms with Crippen LogP contribution >= 0.6 is 11.6 Å². The maximum Gasteiger partial charge on any atom is 0.328 e. The molecule has 160 valence electrons. The van der Waals surface area contributed by atoms with E-state index in [1.54, 1.807) is 24.7 Å². The molecule has 0 aliphatic heterocycles. The summed E-state index contributed by atoms with van der Waals surface area (Å²) in [7, 11) is -2.18. The highest BCUT2D eigenvalue weighted by molar-refractivity contribution is 7.93. The molecule has 0 aliphatic rings. The SMILES string of the molecule is CCCCNC(=O)NS(=O)(=O)C=Cc1c(C)nn(C)c1-n1ccc2cc(Cl)ccc21. The Kier molecular flexibility index (Phi) is 6.52. The maximum absolute atomic E-state index is 12.3. The molecule has 10 heteroatoms. The second-order valence-corrected chi connectivity index (χ2v) is 8.90. The molecule has 2 N–H and O–H groups in total. The van der Waals surface area contributed by atoms with Crippen LogP contribution < -0.4 is 10.0 Å². The molecule has 30 heavy (non-hydrogen) atoms. The molecule has 3 rings (SSSR count). The summed E-state index contributed by atoms with van der Waals surface area (Å²) in [6, 6.07) is 6.73. The zero-order chi connectivity index (χ0) is 21.9. The first kappa shape index (κ1) is 21.9. The van der Waals surface area contributed by atoms with Crippen LogP contribution in [0.3, 0.4) is 0 Å². The fourth-order valence-corrected chi connectivity index (χ4v) is 4.07. The van der Waals surface area contributed by atoms with Crippen molar-refractivity contribution in [2.75, 3.05) is 6.54 Å². The first-order valence-corrected chi connectivity index (χ1v) is 11.4. The zero-order valence-corrected chi connectivity index (χ0v) is 18.6. The topological polar surface area (TPSA) is 98.0 Å². The quantitative estimate of drug-likeness (QED) is 0.537. The Morgan fingerprint density at radius 3 is 2.80 bits per heavy atom. The smallest absolute Gasteiger partial charge is 0.328 e. The van der Waals surface area contributed by atoms with Crippen LogP contribution in [0.1, 0.15) is 31.0 Å². The lowest BCUT2D eigenvalue weighted by Gasteiger charge is -2.08. The van der Waals surface area contributed by atoms with E-state index >= 15 is 0 Å². The lowest BCUT2D eigenvalue weighted by atomic mass is 10.2. The van der Waals surface area contributed by atoms with Crippen molar-refractivity contribution in [2.45, 2.75) is 26.7 Å². The number of sulfonamides is 1. The normalized spacial score (nSPS) is 12.0. The van der Waals surface area contributed by atoms with Crippen LogP contribution in [0.25, 0.3) is 22.8 Å². The van der Waals surface area contributed by atoms with E-state index < -0.39 is 16.1 Å². The predicted octanol–water partition coefficient (Wildman–Crippen LogP) is 3.73. The van der Waals surface area contributed by atoms with Crippen LogP contribution in [0.15, 0.2) is 35.9 Å². The summed E-state index contributed by atoms with van der Waals surface area (Å²) >= 11 is 6.08. The molecule has 0 unspecified atom stereocenters. The molecule has 0 radical (unpaired) electrons. The molecule has 0 saturated heterocycles. The fraction of sp³-hybridized carbons (Fsp3) is 0.300. The molecule has 0 bridgehead atoms. The molecule has 1 aromatic carbocycles. The molecular weight excluding hydrogens is 426 g/mol. The minimum atomic E-state index is -3.96. The third-order valence-electron chi connectivity index (χ3n) is 4.58. The molecule has 0 atom stereocenters. The fourth-order valence-electron chi connectivity index (χ4n) is 3.18. The molecule has 0 fully saturated rings. The van der Waals surface area contributed by atoms with Crippen LogP contribution in [-0.2, 0) is 17.1 Å². The number of benzene rings is 1. The third-order valence-corrected chi connectivity index (χ3v) is 5.78. The summed E-state index contributed by atoms with van der Waals surface area (Å²) in [4.78, 5) is 11.8. The van der Waals surface area contributed by atoms with Crippen molar-refractivity contribution in [1.82, 2.24) is 24.4 Å². The molecule has 3 aromatic rings. The lowest BCUT2D eigenvalue weighted by molar-refractivity contribution is 0.246. The number of halogens is 1. The van der Waals surface area contributed by atoms with E-state index in [1.165, 1.54) is 6.08 Å². The highest BCUT2D eigenvalue weighted by Gasteiger charge is 2.17. The van der Waals surface area contributed by atoms with Gasteiger partial charge in [0.05, 0.1) is 16.6 Å². The molecule has 0 aliphatic carbocycles. The van der Waals surface area contributed by atoms with Gasteiger partial charge in [0.15, 0.2) is 0 Å². The second-order valence-electron chi connectivity index (χ2n) is 6.89. The van der Waals surface area contributed by atoms with Crippen molar-refractivity contribution in [3.63, 3.8) is 0 Å². The van der Waals surface area contributed by atoms with Crippen molar-refractivity contribution < 1.29 is 13.2 Å². The Labute approximate surface area is 180 Å². The van der Waals surface area contributed by atoms with Gasteiger partial charge in [0.1, 0.15) is 5.82 Å². The zero-order valence-electron chi connectivity index (χ0n) is 17.0. The number of amides is 2. The largest absolute Gasteiger partial charge is 0.337 e. The summed E-state index contributed by atoms with van der Waals surface area (Å²) in [5.74, 6) is 0.698. The monoisotopic (exact) mass is 449 g/mol. The molecule has 2 heterocycles. The molecule has 0 spiro atoms. The standard InChI is InChI=1S/C20H24ClN5O3S/c1-4-5-10-22-20(27)24-30(28,29)12-9-17-14(2)23-25(3)19(17)26-11-8-15-13-16(21)6-7-18(15)26/h6-9,11-13H,4-5,10H2,1-3H3,(H2,22,24,27). The first-order chi connectivity index (χ1) is 14.2. The van der Waals surface area contributed by atoms with Gasteiger partial charge in [-0.15, -0.1) is 0 Å². The van der Waals surface area contributed by atoms with Gasteiger partial charge in [0, 0.05) is 35.8 Å². The van der Waals surface area contributed by atoms with Crippen molar-refractivity contribution in [2.24, 2.45) is 7.05 Å². The van der Waals surface area contributed by atoms with Gasteiger partial charge in [-0.1, -0.05) is 24.9 Å². The number of fused-ring (bicyclic) bond motifs is 1. The van der Waals surface area contributed by atoms with Crippen molar-refractivity contribution >= 4 is 44.6 Å². The van der Waals surface area contributed by atoms with E-state index in [-0.39, 0.29) is 0 Å². The van der Waals surface area contributed by atoms with Crippen molar-refractivity contribution in [1.29, 1.82) is 0 Å². The highest BCUT2D eigenvalue weighted by Crippen LogP contribution is 2.27. The van der Waals surface area contributed by atoms with Gasteiger partial charge in [0.25, 0.3) is 10.0 Å². The Morgan fingerprint density at radius 2 is 2.07 bits per heavy atom. The number of carbonyl (C=O) groups excluding carboxylic acids is 1. The number of urea groups is 1. The third kappa shape index (κ3) is 4.85. The Hall–Kier alpha value is -2.78. The minimum absolute atomic E-state index is 0.415. The van der Waals surface area contributed by atoms with Crippen molar-refractivity contribution in [3.05, 3.63) is 52.2 Å². The van der Waals surface area contributed by atoms with Gasteiger partial charge in [-0.3, -0.25) is 4.68 Å². The Morgan fingerprint density at radius 1 is 1.30 bits per heavy atom. The summed E-state index contributed by atoms with van der Waals surface area (Å²) in [5, 5.41) is 9.51.